The number of thioether (sulfide) groups is 1. The molecule has 152 valence electrons. The molecule has 0 aliphatic rings. The number of methoxy groups -OCH3 is 1. The molecule has 0 aliphatic heterocycles. The fourth-order valence-corrected chi connectivity index (χ4v) is 3.96. The number of ether oxygens (including phenoxy) is 1. The Kier molecular flexibility index (Phi) is 6.82. The summed E-state index contributed by atoms with van der Waals surface area (Å²) < 4.78 is 6.94. The van der Waals surface area contributed by atoms with Crippen molar-refractivity contribution < 1.29 is 9.53 Å². The summed E-state index contributed by atoms with van der Waals surface area (Å²) in [5, 5.41) is 3.76. The lowest BCUT2D eigenvalue weighted by Gasteiger charge is -2.18. The van der Waals surface area contributed by atoms with E-state index in [-0.39, 0.29) is 11.5 Å². The van der Waals surface area contributed by atoms with Crippen LogP contribution in [-0.4, -0.2) is 34.4 Å². The SMILES string of the molecule is CCCNC(=O)C(C)Sc1nc2cc(Cl)ccc2c(=O)n1-c1ccccc1OC. The zero-order valence-electron chi connectivity index (χ0n) is 16.4. The highest BCUT2D eigenvalue weighted by Gasteiger charge is 2.21. The molecule has 6 nitrogen and oxygen atoms in total. The summed E-state index contributed by atoms with van der Waals surface area (Å²) in [4.78, 5) is 30.4. The molecular formula is C21H22ClN3O3S. The molecule has 0 aliphatic carbocycles. The molecule has 0 spiro atoms. The summed E-state index contributed by atoms with van der Waals surface area (Å²) >= 11 is 7.32. The Morgan fingerprint density at radius 3 is 2.79 bits per heavy atom. The summed E-state index contributed by atoms with van der Waals surface area (Å²) in [5.74, 6) is 0.429. The molecule has 3 rings (SSSR count). The molecule has 1 N–H and O–H groups in total. The van der Waals surface area contributed by atoms with Crippen molar-refractivity contribution in [1.29, 1.82) is 0 Å². The second-order valence-corrected chi connectivity index (χ2v) is 8.16. The lowest BCUT2D eigenvalue weighted by atomic mass is 10.2. The largest absolute Gasteiger partial charge is 0.495 e. The fourth-order valence-electron chi connectivity index (χ4n) is 2.85. The third-order valence-corrected chi connectivity index (χ3v) is 5.61. The van der Waals surface area contributed by atoms with E-state index < -0.39 is 5.25 Å². The molecule has 29 heavy (non-hydrogen) atoms. The van der Waals surface area contributed by atoms with Crippen LogP contribution in [0.1, 0.15) is 20.3 Å². The van der Waals surface area contributed by atoms with Gasteiger partial charge < -0.3 is 10.1 Å². The second-order valence-electron chi connectivity index (χ2n) is 6.42. The molecular weight excluding hydrogens is 410 g/mol. The molecule has 0 saturated carbocycles. The van der Waals surface area contributed by atoms with Gasteiger partial charge in [0.1, 0.15) is 5.75 Å². The summed E-state index contributed by atoms with van der Waals surface area (Å²) in [7, 11) is 1.55. The first kappa shape index (κ1) is 21.2. The number of halogens is 1. The van der Waals surface area contributed by atoms with Gasteiger partial charge in [-0.3, -0.25) is 14.2 Å². The van der Waals surface area contributed by atoms with Crippen LogP contribution in [0.25, 0.3) is 16.6 Å². The Morgan fingerprint density at radius 1 is 1.31 bits per heavy atom. The number of nitrogens with zero attached hydrogens (tertiary/aromatic N) is 2. The van der Waals surface area contributed by atoms with Gasteiger partial charge in [0, 0.05) is 11.6 Å². The normalized spacial score (nSPS) is 12.0. The molecule has 3 aromatic rings. The van der Waals surface area contributed by atoms with Gasteiger partial charge in [-0.1, -0.05) is 42.4 Å². The Hall–Kier alpha value is -2.51. The number of benzene rings is 2. The van der Waals surface area contributed by atoms with E-state index in [1.165, 1.54) is 16.3 Å². The van der Waals surface area contributed by atoms with Crippen molar-refractivity contribution in [2.75, 3.05) is 13.7 Å². The molecule has 0 saturated heterocycles. The highest BCUT2D eigenvalue weighted by molar-refractivity contribution is 8.00. The predicted octanol–water partition coefficient (Wildman–Crippen LogP) is 4.05. The van der Waals surface area contributed by atoms with Crippen LogP contribution < -0.4 is 15.6 Å². The maximum Gasteiger partial charge on any atom is 0.266 e. The van der Waals surface area contributed by atoms with Gasteiger partial charge in [0.2, 0.25) is 5.91 Å². The minimum atomic E-state index is -0.439. The Labute approximate surface area is 178 Å². The maximum atomic E-state index is 13.4. The average molecular weight is 432 g/mol. The highest BCUT2D eigenvalue weighted by atomic mass is 35.5. The molecule has 1 atom stereocenters. The fraction of sp³-hybridized carbons (Fsp3) is 0.286. The third-order valence-electron chi connectivity index (χ3n) is 4.33. The summed E-state index contributed by atoms with van der Waals surface area (Å²) in [5.41, 5.74) is 0.796. The Balaban J connectivity index is 2.18. The summed E-state index contributed by atoms with van der Waals surface area (Å²) in [6, 6.07) is 12.2. The van der Waals surface area contributed by atoms with E-state index in [1.807, 2.05) is 19.1 Å². The monoisotopic (exact) mass is 431 g/mol. The summed E-state index contributed by atoms with van der Waals surface area (Å²) in [6.07, 6.45) is 0.849. The molecule has 0 fully saturated rings. The van der Waals surface area contributed by atoms with Crippen molar-refractivity contribution in [3.8, 4) is 11.4 Å². The van der Waals surface area contributed by atoms with Crippen LogP contribution in [0.2, 0.25) is 5.02 Å². The van der Waals surface area contributed by atoms with Crippen LogP contribution in [0.4, 0.5) is 0 Å². The van der Waals surface area contributed by atoms with Crippen LogP contribution in [0.3, 0.4) is 0 Å². The van der Waals surface area contributed by atoms with E-state index in [0.717, 1.165) is 6.42 Å². The molecule has 8 heteroatoms. The topological polar surface area (TPSA) is 73.2 Å². The first-order valence-electron chi connectivity index (χ1n) is 9.26. The van der Waals surface area contributed by atoms with Gasteiger partial charge in [0.15, 0.2) is 5.16 Å². The Morgan fingerprint density at radius 2 is 2.07 bits per heavy atom. The van der Waals surface area contributed by atoms with Gasteiger partial charge in [-0.15, -0.1) is 0 Å². The van der Waals surface area contributed by atoms with Crippen molar-refractivity contribution in [2.24, 2.45) is 0 Å². The zero-order chi connectivity index (χ0) is 21.0. The minimum absolute atomic E-state index is 0.108. The number of para-hydroxylation sites is 2. The van der Waals surface area contributed by atoms with Crippen molar-refractivity contribution in [3.05, 3.63) is 57.8 Å². The summed E-state index contributed by atoms with van der Waals surface area (Å²) in [6.45, 7) is 4.38. The predicted molar refractivity (Wildman–Crippen MR) is 118 cm³/mol. The van der Waals surface area contributed by atoms with Crippen LogP contribution in [0.15, 0.2) is 52.4 Å². The number of aromatic nitrogens is 2. The molecule has 1 heterocycles. The van der Waals surface area contributed by atoms with Crippen LogP contribution in [0, 0.1) is 0 Å². The van der Waals surface area contributed by atoms with Gasteiger partial charge in [-0.25, -0.2) is 4.98 Å². The van der Waals surface area contributed by atoms with Crippen LogP contribution in [0.5, 0.6) is 5.75 Å². The molecule has 0 radical (unpaired) electrons. The van der Waals surface area contributed by atoms with Crippen molar-refractivity contribution in [3.63, 3.8) is 0 Å². The van der Waals surface area contributed by atoms with Gasteiger partial charge in [0.25, 0.3) is 5.56 Å². The number of amides is 1. The first-order chi connectivity index (χ1) is 14.0. The van der Waals surface area contributed by atoms with Crippen LogP contribution in [-0.2, 0) is 4.79 Å². The standard InChI is InChI=1S/C21H22ClN3O3S/c1-4-11-23-19(26)13(2)29-21-24-16-12-14(22)9-10-15(16)20(27)25(21)17-7-5-6-8-18(17)28-3/h5-10,12-13H,4,11H2,1-3H3,(H,23,26). The van der Waals surface area contributed by atoms with E-state index >= 15 is 0 Å². The van der Waals surface area contributed by atoms with E-state index in [1.54, 1.807) is 44.4 Å². The average Bonchev–Trinajstić information content (AvgIpc) is 2.72. The molecule has 0 bridgehead atoms. The van der Waals surface area contributed by atoms with E-state index in [9.17, 15) is 9.59 Å². The first-order valence-corrected chi connectivity index (χ1v) is 10.5. The Bertz CT molecular complexity index is 1100. The van der Waals surface area contributed by atoms with Gasteiger partial charge in [-0.05, 0) is 43.7 Å². The van der Waals surface area contributed by atoms with Crippen molar-refractivity contribution >= 4 is 40.2 Å². The van der Waals surface area contributed by atoms with Crippen molar-refractivity contribution in [2.45, 2.75) is 30.7 Å². The third kappa shape index (κ3) is 4.57. The van der Waals surface area contributed by atoms with Gasteiger partial charge in [0.05, 0.1) is 29.0 Å². The maximum absolute atomic E-state index is 13.4. The zero-order valence-corrected chi connectivity index (χ0v) is 18.0. The number of hydrogen-bond donors (Lipinski definition) is 1. The van der Waals surface area contributed by atoms with Crippen LogP contribution >= 0.6 is 23.4 Å². The highest BCUT2D eigenvalue weighted by Crippen LogP contribution is 2.29. The number of carbonyl (C=O) groups excluding carboxylic acids is 1. The number of nitrogens with one attached hydrogen (secondary N) is 1. The second kappa shape index (κ2) is 9.33. The molecule has 2 aromatic carbocycles. The lowest BCUT2D eigenvalue weighted by molar-refractivity contribution is -0.120. The number of carbonyl (C=O) groups is 1. The lowest BCUT2D eigenvalue weighted by Crippen LogP contribution is -2.32. The number of rotatable bonds is 7. The van der Waals surface area contributed by atoms with Gasteiger partial charge in [-0.2, -0.15) is 0 Å². The minimum Gasteiger partial charge on any atom is -0.495 e. The van der Waals surface area contributed by atoms with E-state index in [4.69, 9.17) is 16.3 Å². The molecule has 1 amide bonds. The van der Waals surface area contributed by atoms with E-state index in [2.05, 4.69) is 10.3 Å². The molecule has 1 aromatic heterocycles. The quantitative estimate of drug-likeness (QED) is 0.451. The van der Waals surface area contributed by atoms with Crippen molar-refractivity contribution in [1.82, 2.24) is 14.9 Å². The van der Waals surface area contributed by atoms with Gasteiger partial charge >= 0.3 is 0 Å². The number of hydrogen-bond acceptors (Lipinski definition) is 5. The molecule has 1 unspecified atom stereocenters. The van der Waals surface area contributed by atoms with E-state index in [0.29, 0.717) is 39.1 Å². The smallest absolute Gasteiger partial charge is 0.266 e. The number of fused-ring (bicyclic) bond motifs is 1.